The standard InChI is InChI=1S/C12H16O2/c1-9-5-3-6-10(2)12(9)14-11-7-4-8-13-11/h3,5-6,11H,4,7-8H2,1-2H3. The van der Waals surface area contributed by atoms with Gasteiger partial charge in [-0.15, -0.1) is 0 Å². The Morgan fingerprint density at radius 1 is 1.29 bits per heavy atom. The first-order valence-electron chi connectivity index (χ1n) is 5.12. The molecule has 1 aliphatic heterocycles. The van der Waals surface area contributed by atoms with Crippen LogP contribution in [0.15, 0.2) is 18.2 Å². The van der Waals surface area contributed by atoms with Crippen molar-refractivity contribution in [1.29, 1.82) is 0 Å². The second kappa shape index (κ2) is 4.01. The second-order valence-corrected chi connectivity index (χ2v) is 3.78. The third kappa shape index (κ3) is 1.90. The normalized spacial score (nSPS) is 21.1. The molecule has 2 heteroatoms. The van der Waals surface area contributed by atoms with Gasteiger partial charge in [-0.2, -0.15) is 0 Å². The van der Waals surface area contributed by atoms with Gasteiger partial charge in [-0.1, -0.05) is 18.2 Å². The zero-order valence-electron chi connectivity index (χ0n) is 8.75. The molecule has 0 bridgehead atoms. The monoisotopic (exact) mass is 192 g/mol. The van der Waals surface area contributed by atoms with Gasteiger partial charge in [0.25, 0.3) is 0 Å². The highest BCUT2D eigenvalue weighted by Gasteiger charge is 2.18. The fraction of sp³-hybridized carbons (Fsp3) is 0.500. The molecule has 0 aromatic heterocycles. The number of aryl methyl sites for hydroxylation is 2. The van der Waals surface area contributed by atoms with Crippen molar-refractivity contribution in [2.24, 2.45) is 0 Å². The minimum absolute atomic E-state index is 0.0326. The fourth-order valence-corrected chi connectivity index (χ4v) is 1.76. The highest BCUT2D eigenvalue weighted by Crippen LogP contribution is 2.26. The van der Waals surface area contributed by atoms with Crippen LogP contribution in [-0.4, -0.2) is 12.9 Å². The molecule has 1 aromatic rings. The van der Waals surface area contributed by atoms with Gasteiger partial charge in [0.2, 0.25) is 0 Å². The van der Waals surface area contributed by atoms with Crippen LogP contribution < -0.4 is 4.74 Å². The zero-order chi connectivity index (χ0) is 9.97. The second-order valence-electron chi connectivity index (χ2n) is 3.78. The topological polar surface area (TPSA) is 18.5 Å². The molecule has 1 atom stereocenters. The van der Waals surface area contributed by atoms with Gasteiger partial charge in [0, 0.05) is 6.42 Å². The molecule has 0 aliphatic carbocycles. The molecule has 0 spiro atoms. The van der Waals surface area contributed by atoms with Gasteiger partial charge in [0.1, 0.15) is 5.75 Å². The van der Waals surface area contributed by atoms with Gasteiger partial charge >= 0.3 is 0 Å². The Kier molecular flexibility index (Phi) is 2.73. The van der Waals surface area contributed by atoms with Gasteiger partial charge < -0.3 is 9.47 Å². The molecule has 1 saturated heterocycles. The van der Waals surface area contributed by atoms with E-state index in [0.29, 0.717) is 0 Å². The SMILES string of the molecule is Cc1cccc(C)c1OC1CCCO1. The Bertz CT molecular complexity index is 294. The molecule has 1 heterocycles. The van der Waals surface area contributed by atoms with Crippen molar-refractivity contribution in [1.82, 2.24) is 0 Å². The summed E-state index contributed by atoms with van der Waals surface area (Å²) in [5.41, 5.74) is 2.36. The van der Waals surface area contributed by atoms with Crippen LogP contribution in [-0.2, 0) is 4.74 Å². The van der Waals surface area contributed by atoms with Crippen LogP contribution in [0.1, 0.15) is 24.0 Å². The van der Waals surface area contributed by atoms with E-state index in [9.17, 15) is 0 Å². The minimum atomic E-state index is -0.0326. The Labute approximate surface area is 84.8 Å². The number of hydrogen-bond acceptors (Lipinski definition) is 2. The molecule has 0 radical (unpaired) electrons. The van der Waals surface area contributed by atoms with E-state index < -0.39 is 0 Å². The maximum Gasteiger partial charge on any atom is 0.199 e. The Balaban J connectivity index is 2.14. The lowest BCUT2D eigenvalue weighted by atomic mass is 10.1. The third-order valence-corrected chi connectivity index (χ3v) is 2.55. The molecule has 1 aliphatic rings. The molecule has 1 aromatic carbocycles. The lowest BCUT2D eigenvalue weighted by Crippen LogP contribution is -2.15. The lowest BCUT2D eigenvalue weighted by Gasteiger charge is -2.16. The predicted octanol–water partition coefficient (Wildman–Crippen LogP) is 2.82. The van der Waals surface area contributed by atoms with E-state index in [4.69, 9.17) is 9.47 Å². The molecule has 0 saturated carbocycles. The number of benzene rings is 1. The van der Waals surface area contributed by atoms with E-state index in [0.717, 1.165) is 25.2 Å². The summed E-state index contributed by atoms with van der Waals surface area (Å²) < 4.78 is 11.3. The van der Waals surface area contributed by atoms with Gasteiger partial charge in [-0.25, -0.2) is 0 Å². The molecule has 14 heavy (non-hydrogen) atoms. The summed E-state index contributed by atoms with van der Waals surface area (Å²) in [5, 5.41) is 0. The van der Waals surface area contributed by atoms with Crippen LogP contribution in [0, 0.1) is 13.8 Å². The van der Waals surface area contributed by atoms with Crippen LogP contribution >= 0.6 is 0 Å². The summed E-state index contributed by atoms with van der Waals surface area (Å²) >= 11 is 0. The van der Waals surface area contributed by atoms with Gasteiger partial charge in [0.05, 0.1) is 6.61 Å². The van der Waals surface area contributed by atoms with E-state index in [1.54, 1.807) is 0 Å². The molecule has 2 rings (SSSR count). The first kappa shape index (κ1) is 9.53. The number of rotatable bonds is 2. The van der Waals surface area contributed by atoms with Gasteiger partial charge in [-0.3, -0.25) is 0 Å². The molecule has 76 valence electrons. The molecule has 0 N–H and O–H groups in total. The smallest absolute Gasteiger partial charge is 0.199 e. The maximum absolute atomic E-state index is 5.81. The average molecular weight is 192 g/mol. The Morgan fingerprint density at radius 3 is 2.57 bits per heavy atom. The van der Waals surface area contributed by atoms with Crippen LogP contribution in [0.2, 0.25) is 0 Å². The first-order valence-corrected chi connectivity index (χ1v) is 5.12. The molecular weight excluding hydrogens is 176 g/mol. The van der Waals surface area contributed by atoms with Crippen molar-refractivity contribution in [3.05, 3.63) is 29.3 Å². The van der Waals surface area contributed by atoms with Crippen LogP contribution in [0.3, 0.4) is 0 Å². The van der Waals surface area contributed by atoms with Crippen LogP contribution in [0.5, 0.6) is 5.75 Å². The molecular formula is C12H16O2. The third-order valence-electron chi connectivity index (χ3n) is 2.55. The number of ether oxygens (including phenoxy) is 2. The Hall–Kier alpha value is -1.02. The first-order chi connectivity index (χ1) is 6.77. The molecule has 1 unspecified atom stereocenters. The van der Waals surface area contributed by atoms with Gasteiger partial charge in [-0.05, 0) is 31.4 Å². The minimum Gasteiger partial charge on any atom is -0.464 e. The van der Waals surface area contributed by atoms with Crippen molar-refractivity contribution >= 4 is 0 Å². The van der Waals surface area contributed by atoms with Crippen LogP contribution in [0.25, 0.3) is 0 Å². The summed E-state index contributed by atoms with van der Waals surface area (Å²) in [4.78, 5) is 0. The average Bonchev–Trinajstić information content (AvgIpc) is 2.64. The van der Waals surface area contributed by atoms with E-state index in [1.807, 2.05) is 6.07 Å². The summed E-state index contributed by atoms with van der Waals surface area (Å²) in [6.07, 6.45) is 2.08. The molecule has 1 fully saturated rings. The zero-order valence-corrected chi connectivity index (χ0v) is 8.75. The highest BCUT2D eigenvalue weighted by molar-refractivity contribution is 5.39. The quantitative estimate of drug-likeness (QED) is 0.717. The predicted molar refractivity (Wildman–Crippen MR) is 55.5 cm³/mol. The van der Waals surface area contributed by atoms with E-state index >= 15 is 0 Å². The van der Waals surface area contributed by atoms with Crippen LogP contribution in [0.4, 0.5) is 0 Å². The summed E-state index contributed by atoms with van der Waals surface area (Å²) in [6, 6.07) is 6.18. The summed E-state index contributed by atoms with van der Waals surface area (Å²) in [7, 11) is 0. The van der Waals surface area contributed by atoms with E-state index in [1.165, 1.54) is 11.1 Å². The number of hydrogen-bond donors (Lipinski definition) is 0. The largest absolute Gasteiger partial charge is 0.464 e. The summed E-state index contributed by atoms with van der Waals surface area (Å²) in [5.74, 6) is 0.986. The van der Waals surface area contributed by atoms with Crippen molar-refractivity contribution in [3.8, 4) is 5.75 Å². The van der Waals surface area contributed by atoms with Gasteiger partial charge in [0.15, 0.2) is 6.29 Å². The van der Waals surface area contributed by atoms with Crippen molar-refractivity contribution in [2.75, 3.05) is 6.61 Å². The fourth-order valence-electron chi connectivity index (χ4n) is 1.76. The van der Waals surface area contributed by atoms with Crippen molar-refractivity contribution < 1.29 is 9.47 Å². The van der Waals surface area contributed by atoms with E-state index in [-0.39, 0.29) is 6.29 Å². The van der Waals surface area contributed by atoms with E-state index in [2.05, 4.69) is 26.0 Å². The number of para-hydroxylation sites is 1. The van der Waals surface area contributed by atoms with Crippen molar-refractivity contribution in [2.45, 2.75) is 33.0 Å². The molecule has 0 amide bonds. The maximum atomic E-state index is 5.81. The highest BCUT2D eigenvalue weighted by atomic mass is 16.7. The molecule has 2 nitrogen and oxygen atoms in total. The van der Waals surface area contributed by atoms with Crippen molar-refractivity contribution in [3.63, 3.8) is 0 Å². The summed E-state index contributed by atoms with van der Waals surface area (Å²) in [6.45, 7) is 4.96. The lowest BCUT2D eigenvalue weighted by molar-refractivity contribution is -0.0398. The Morgan fingerprint density at radius 2 is 2.00 bits per heavy atom.